The van der Waals surface area contributed by atoms with Crippen LogP contribution in [0.5, 0.6) is 0 Å². The first-order chi connectivity index (χ1) is 7.81. The number of hydrogen-bond acceptors (Lipinski definition) is 1. The molecule has 1 fully saturated rings. The third-order valence-electron chi connectivity index (χ3n) is 3.44. The summed E-state index contributed by atoms with van der Waals surface area (Å²) in [5.74, 6) is 0.866. The fourth-order valence-corrected chi connectivity index (χ4v) is 2.90. The molecule has 1 atom stereocenters. The zero-order chi connectivity index (χ0) is 11.4. The molecule has 0 aromatic heterocycles. The lowest BCUT2D eigenvalue weighted by Crippen LogP contribution is -2.32. The van der Waals surface area contributed by atoms with Gasteiger partial charge in [0.05, 0.1) is 0 Å². The highest BCUT2D eigenvalue weighted by atomic mass is 127. The van der Waals surface area contributed by atoms with Crippen LogP contribution in [0, 0.1) is 9.49 Å². The average Bonchev–Trinajstić information content (AvgIpc) is 2.21. The minimum atomic E-state index is 0.586. The van der Waals surface area contributed by atoms with Crippen molar-refractivity contribution in [2.45, 2.75) is 38.6 Å². The van der Waals surface area contributed by atoms with Crippen molar-refractivity contribution >= 4 is 22.6 Å². The number of nitrogens with one attached hydrogen (secondary N) is 1. The average molecular weight is 329 g/mol. The first-order valence-corrected chi connectivity index (χ1v) is 7.38. The molecule has 1 unspecified atom stereocenters. The zero-order valence-corrected chi connectivity index (χ0v) is 12.0. The van der Waals surface area contributed by atoms with Gasteiger partial charge in [0.2, 0.25) is 0 Å². The highest BCUT2D eigenvalue weighted by Crippen LogP contribution is 2.37. The van der Waals surface area contributed by atoms with E-state index in [2.05, 4.69) is 59.1 Å². The lowest BCUT2D eigenvalue weighted by Gasteiger charge is -2.35. The minimum Gasteiger partial charge on any atom is -0.310 e. The Morgan fingerprint density at radius 1 is 1.44 bits per heavy atom. The number of halogens is 1. The van der Waals surface area contributed by atoms with E-state index in [-0.39, 0.29) is 0 Å². The highest BCUT2D eigenvalue weighted by Gasteiger charge is 2.27. The highest BCUT2D eigenvalue weighted by molar-refractivity contribution is 14.1. The standard InChI is InChI=1S/C14H20IN/c1-2-9-16-14(11-5-3-6-11)12-7-4-8-13(15)10-12/h4,7-8,10-11,14,16H,2-3,5-6,9H2,1H3. The Bertz CT molecular complexity index is 333. The SMILES string of the molecule is CCCNC(c1cccc(I)c1)C1CCC1. The minimum absolute atomic E-state index is 0.586. The number of benzene rings is 1. The topological polar surface area (TPSA) is 12.0 Å². The normalized spacial score (nSPS) is 18.1. The van der Waals surface area contributed by atoms with E-state index in [1.807, 2.05) is 0 Å². The molecule has 1 aromatic rings. The van der Waals surface area contributed by atoms with E-state index in [9.17, 15) is 0 Å². The van der Waals surface area contributed by atoms with Crippen molar-refractivity contribution in [3.05, 3.63) is 33.4 Å². The Hall–Kier alpha value is -0.0900. The van der Waals surface area contributed by atoms with Gasteiger partial charge in [-0.1, -0.05) is 25.5 Å². The van der Waals surface area contributed by atoms with Crippen molar-refractivity contribution in [1.82, 2.24) is 5.32 Å². The van der Waals surface area contributed by atoms with E-state index >= 15 is 0 Å². The molecule has 1 aliphatic carbocycles. The molecule has 1 nitrogen and oxygen atoms in total. The summed E-state index contributed by atoms with van der Waals surface area (Å²) < 4.78 is 1.35. The maximum absolute atomic E-state index is 3.71. The van der Waals surface area contributed by atoms with Crippen LogP contribution in [0.2, 0.25) is 0 Å². The van der Waals surface area contributed by atoms with Gasteiger partial charge in [0.15, 0.2) is 0 Å². The maximum Gasteiger partial charge on any atom is 0.0349 e. The van der Waals surface area contributed by atoms with Gasteiger partial charge in [-0.3, -0.25) is 0 Å². The molecule has 1 N–H and O–H groups in total. The van der Waals surface area contributed by atoms with E-state index in [0.29, 0.717) is 6.04 Å². The van der Waals surface area contributed by atoms with Crippen LogP contribution in [0.3, 0.4) is 0 Å². The van der Waals surface area contributed by atoms with Gasteiger partial charge in [0.1, 0.15) is 0 Å². The predicted molar refractivity (Wildman–Crippen MR) is 77.5 cm³/mol. The zero-order valence-electron chi connectivity index (χ0n) is 9.88. The van der Waals surface area contributed by atoms with Crippen molar-refractivity contribution in [2.24, 2.45) is 5.92 Å². The monoisotopic (exact) mass is 329 g/mol. The van der Waals surface area contributed by atoms with E-state index in [1.54, 1.807) is 0 Å². The Morgan fingerprint density at radius 3 is 2.81 bits per heavy atom. The summed E-state index contributed by atoms with van der Waals surface area (Å²) in [5.41, 5.74) is 1.48. The molecular formula is C14H20IN. The lowest BCUT2D eigenvalue weighted by molar-refractivity contribution is 0.231. The molecule has 0 amide bonds. The van der Waals surface area contributed by atoms with Gasteiger partial charge in [-0.25, -0.2) is 0 Å². The molecule has 0 radical (unpaired) electrons. The van der Waals surface area contributed by atoms with Crippen molar-refractivity contribution < 1.29 is 0 Å². The van der Waals surface area contributed by atoms with Gasteiger partial charge in [-0.05, 0) is 72.0 Å². The molecule has 0 saturated heterocycles. The van der Waals surface area contributed by atoms with Crippen LogP contribution < -0.4 is 5.32 Å². The molecule has 16 heavy (non-hydrogen) atoms. The Balaban J connectivity index is 2.10. The van der Waals surface area contributed by atoms with Crippen LogP contribution in [-0.4, -0.2) is 6.54 Å². The van der Waals surface area contributed by atoms with E-state index in [0.717, 1.165) is 12.5 Å². The van der Waals surface area contributed by atoms with Crippen LogP contribution >= 0.6 is 22.6 Å². The van der Waals surface area contributed by atoms with Crippen molar-refractivity contribution in [3.8, 4) is 0 Å². The van der Waals surface area contributed by atoms with Gasteiger partial charge in [-0.2, -0.15) is 0 Å². The van der Waals surface area contributed by atoms with Crippen LogP contribution in [0.4, 0.5) is 0 Å². The molecule has 0 spiro atoms. The Kier molecular flexibility index (Phi) is 4.65. The molecule has 2 heteroatoms. The molecule has 0 aliphatic heterocycles. The summed E-state index contributed by atoms with van der Waals surface area (Å²) in [7, 11) is 0. The number of rotatable bonds is 5. The summed E-state index contributed by atoms with van der Waals surface area (Å²) in [5, 5.41) is 3.71. The van der Waals surface area contributed by atoms with Crippen molar-refractivity contribution in [1.29, 1.82) is 0 Å². The fourth-order valence-electron chi connectivity index (χ4n) is 2.33. The lowest BCUT2D eigenvalue weighted by atomic mass is 9.77. The first kappa shape index (κ1) is 12.4. The second-order valence-electron chi connectivity index (χ2n) is 4.68. The van der Waals surface area contributed by atoms with Gasteiger partial charge in [-0.15, -0.1) is 0 Å². The predicted octanol–water partition coefficient (Wildman–Crippen LogP) is 4.13. The molecule has 0 bridgehead atoms. The van der Waals surface area contributed by atoms with Gasteiger partial charge in [0.25, 0.3) is 0 Å². The van der Waals surface area contributed by atoms with E-state index in [1.165, 1.54) is 34.8 Å². The smallest absolute Gasteiger partial charge is 0.0349 e. The maximum atomic E-state index is 3.71. The first-order valence-electron chi connectivity index (χ1n) is 6.30. The van der Waals surface area contributed by atoms with Gasteiger partial charge < -0.3 is 5.32 Å². The van der Waals surface area contributed by atoms with Gasteiger partial charge in [0, 0.05) is 9.61 Å². The Morgan fingerprint density at radius 2 is 2.25 bits per heavy atom. The van der Waals surface area contributed by atoms with Crippen LogP contribution in [0.1, 0.15) is 44.2 Å². The molecule has 1 aliphatic rings. The summed E-state index contributed by atoms with van der Waals surface area (Å²) in [6.45, 7) is 3.37. The van der Waals surface area contributed by atoms with Gasteiger partial charge >= 0.3 is 0 Å². The molecule has 1 aromatic carbocycles. The largest absolute Gasteiger partial charge is 0.310 e. The summed E-state index contributed by atoms with van der Waals surface area (Å²) in [6.07, 6.45) is 5.42. The molecule has 1 saturated carbocycles. The fraction of sp³-hybridized carbons (Fsp3) is 0.571. The third-order valence-corrected chi connectivity index (χ3v) is 4.11. The van der Waals surface area contributed by atoms with Crippen LogP contribution in [-0.2, 0) is 0 Å². The second-order valence-corrected chi connectivity index (χ2v) is 5.92. The Labute approximate surface area is 112 Å². The summed E-state index contributed by atoms with van der Waals surface area (Å²) >= 11 is 2.40. The van der Waals surface area contributed by atoms with Crippen LogP contribution in [0.15, 0.2) is 24.3 Å². The molecule has 2 rings (SSSR count). The number of hydrogen-bond donors (Lipinski definition) is 1. The molecular weight excluding hydrogens is 309 g/mol. The second kappa shape index (κ2) is 6.01. The quantitative estimate of drug-likeness (QED) is 0.801. The van der Waals surface area contributed by atoms with E-state index in [4.69, 9.17) is 0 Å². The molecule has 0 heterocycles. The summed E-state index contributed by atoms with van der Waals surface area (Å²) in [6, 6.07) is 9.53. The third kappa shape index (κ3) is 2.98. The summed E-state index contributed by atoms with van der Waals surface area (Å²) in [4.78, 5) is 0. The molecule has 88 valence electrons. The van der Waals surface area contributed by atoms with Crippen LogP contribution in [0.25, 0.3) is 0 Å². The van der Waals surface area contributed by atoms with Crippen molar-refractivity contribution in [2.75, 3.05) is 6.54 Å². The van der Waals surface area contributed by atoms with Crippen molar-refractivity contribution in [3.63, 3.8) is 0 Å². The van der Waals surface area contributed by atoms with E-state index < -0.39 is 0 Å².